The van der Waals surface area contributed by atoms with Crippen molar-refractivity contribution < 1.29 is 19.1 Å². The third-order valence-corrected chi connectivity index (χ3v) is 3.98. The number of carboxylic acid groups (broad SMARTS) is 1. The second-order valence-electron chi connectivity index (χ2n) is 5.50. The number of aryl methyl sites for hydroxylation is 1. The molecule has 0 aliphatic carbocycles. The van der Waals surface area contributed by atoms with Crippen LogP contribution >= 0.6 is 0 Å². The van der Waals surface area contributed by atoms with Gasteiger partial charge in [-0.15, -0.1) is 0 Å². The average Bonchev–Trinajstić information content (AvgIpc) is 2.99. The van der Waals surface area contributed by atoms with Crippen molar-refractivity contribution in [2.45, 2.75) is 38.6 Å². The number of carboxylic acids is 1. The highest BCUT2D eigenvalue weighted by Gasteiger charge is 2.28. The van der Waals surface area contributed by atoms with Gasteiger partial charge in [0.15, 0.2) is 5.76 Å². The van der Waals surface area contributed by atoms with Crippen LogP contribution < -0.4 is 0 Å². The van der Waals surface area contributed by atoms with Gasteiger partial charge in [0, 0.05) is 12.2 Å². The number of nitrogens with zero attached hydrogens (tertiary/aromatic N) is 1. The molecule has 0 bridgehead atoms. The first-order valence-corrected chi connectivity index (χ1v) is 7.10. The predicted octanol–water partition coefficient (Wildman–Crippen LogP) is 2.97. The lowest BCUT2D eigenvalue weighted by atomic mass is 10.0. The molecule has 1 aliphatic heterocycles. The average molecular weight is 287 g/mol. The third-order valence-electron chi connectivity index (χ3n) is 3.98. The van der Waals surface area contributed by atoms with Gasteiger partial charge in [-0.1, -0.05) is 6.42 Å². The SMILES string of the molecule is Cc1coc(C(=O)c2ccc3n2CCCCC3C(=O)O)c1. The molecule has 0 saturated heterocycles. The summed E-state index contributed by atoms with van der Waals surface area (Å²) in [6.07, 6.45) is 3.89. The van der Waals surface area contributed by atoms with Crippen molar-refractivity contribution in [1.29, 1.82) is 0 Å². The maximum absolute atomic E-state index is 12.5. The molecule has 0 radical (unpaired) electrons. The second kappa shape index (κ2) is 5.24. The molecule has 1 unspecified atom stereocenters. The van der Waals surface area contributed by atoms with Crippen LogP contribution in [-0.4, -0.2) is 21.4 Å². The highest BCUT2D eigenvalue weighted by atomic mass is 16.4. The molecule has 5 heteroatoms. The van der Waals surface area contributed by atoms with Crippen molar-refractivity contribution >= 4 is 11.8 Å². The summed E-state index contributed by atoms with van der Waals surface area (Å²) in [7, 11) is 0. The molecule has 0 aromatic carbocycles. The van der Waals surface area contributed by atoms with Gasteiger partial charge in [0.05, 0.1) is 17.9 Å². The van der Waals surface area contributed by atoms with Crippen molar-refractivity contribution in [3.63, 3.8) is 0 Å². The minimum Gasteiger partial charge on any atom is -0.481 e. The minimum absolute atomic E-state index is 0.194. The van der Waals surface area contributed by atoms with Crippen LogP contribution in [0.25, 0.3) is 0 Å². The zero-order valence-electron chi connectivity index (χ0n) is 11.8. The Morgan fingerprint density at radius 3 is 2.81 bits per heavy atom. The first kappa shape index (κ1) is 13.7. The van der Waals surface area contributed by atoms with Crippen LogP contribution in [0.2, 0.25) is 0 Å². The van der Waals surface area contributed by atoms with Gasteiger partial charge in [-0.2, -0.15) is 0 Å². The van der Waals surface area contributed by atoms with Crippen molar-refractivity contribution in [3.05, 3.63) is 47.2 Å². The zero-order chi connectivity index (χ0) is 15.0. The van der Waals surface area contributed by atoms with Gasteiger partial charge in [-0.25, -0.2) is 0 Å². The second-order valence-corrected chi connectivity index (χ2v) is 5.50. The Hall–Kier alpha value is -2.30. The Bertz CT molecular complexity index is 695. The first-order chi connectivity index (χ1) is 10.1. The number of carbonyl (C=O) groups excluding carboxylic acids is 1. The normalized spacial score (nSPS) is 18.0. The number of furan rings is 1. The van der Waals surface area contributed by atoms with Gasteiger partial charge in [-0.05, 0) is 43.5 Å². The molecule has 3 rings (SSSR count). The van der Waals surface area contributed by atoms with E-state index in [0.29, 0.717) is 30.1 Å². The number of rotatable bonds is 3. The molecular formula is C16H17NO4. The maximum Gasteiger partial charge on any atom is 0.312 e. The van der Waals surface area contributed by atoms with Crippen molar-refractivity contribution in [2.75, 3.05) is 0 Å². The van der Waals surface area contributed by atoms with Gasteiger partial charge < -0.3 is 14.1 Å². The van der Waals surface area contributed by atoms with Crippen molar-refractivity contribution in [3.8, 4) is 0 Å². The lowest BCUT2D eigenvalue weighted by Gasteiger charge is -2.12. The Kier molecular flexibility index (Phi) is 3.41. The Morgan fingerprint density at radius 2 is 2.14 bits per heavy atom. The summed E-state index contributed by atoms with van der Waals surface area (Å²) in [5, 5.41) is 9.36. The monoisotopic (exact) mass is 287 g/mol. The van der Waals surface area contributed by atoms with E-state index in [1.807, 2.05) is 11.5 Å². The number of aromatic nitrogens is 1. The summed E-state index contributed by atoms with van der Waals surface area (Å²) in [6, 6.07) is 5.16. The summed E-state index contributed by atoms with van der Waals surface area (Å²) >= 11 is 0. The van der Waals surface area contributed by atoms with Gasteiger partial charge in [-0.3, -0.25) is 9.59 Å². The summed E-state index contributed by atoms with van der Waals surface area (Å²) in [5.41, 5.74) is 2.11. The fourth-order valence-corrected chi connectivity index (χ4v) is 2.93. The number of ketones is 1. The van der Waals surface area contributed by atoms with E-state index in [1.54, 1.807) is 24.5 Å². The number of hydrogen-bond donors (Lipinski definition) is 1. The number of fused-ring (bicyclic) bond motifs is 1. The van der Waals surface area contributed by atoms with Crippen LogP contribution in [0.4, 0.5) is 0 Å². The standard InChI is InChI=1S/C16H17NO4/c1-10-8-14(21-9-10)15(18)13-6-5-12-11(16(19)20)4-2-3-7-17(12)13/h5-6,8-9,11H,2-4,7H2,1H3,(H,19,20). The van der Waals surface area contributed by atoms with Gasteiger partial charge in [0.1, 0.15) is 0 Å². The molecular weight excluding hydrogens is 270 g/mol. The molecule has 1 atom stereocenters. The highest BCUT2D eigenvalue weighted by Crippen LogP contribution is 2.29. The lowest BCUT2D eigenvalue weighted by Crippen LogP contribution is -2.16. The zero-order valence-corrected chi connectivity index (χ0v) is 11.8. The number of aliphatic carboxylic acids is 1. The van der Waals surface area contributed by atoms with Crippen LogP contribution in [0, 0.1) is 6.92 Å². The summed E-state index contributed by atoms with van der Waals surface area (Å²) < 4.78 is 7.11. The summed E-state index contributed by atoms with van der Waals surface area (Å²) in [6.45, 7) is 2.53. The maximum atomic E-state index is 12.5. The van der Waals surface area contributed by atoms with Gasteiger partial charge in [0.25, 0.3) is 0 Å². The molecule has 1 N–H and O–H groups in total. The van der Waals surface area contributed by atoms with Gasteiger partial charge in [0.2, 0.25) is 5.78 Å². The van der Waals surface area contributed by atoms with E-state index in [9.17, 15) is 14.7 Å². The van der Waals surface area contributed by atoms with E-state index >= 15 is 0 Å². The van der Waals surface area contributed by atoms with E-state index in [4.69, 9.17) is 4.42 Å². The first-order valence-electron chi connectivity index (χ1n) is 7.10. The molecule has 5 nitrogen and oxygen atoms in total. The van der Waals surface area contributed by atoms with E-state index in [0.717, 1.165) is 18.4 Å². The van der Waals surface area contributed by atoms with Crippen LogP contribution in [0.1, 0.15) is 52.7 Å². The summed E-state index contributed by atoms with van der Waals surface area (Å²) in [5.74, 6) is -1.26. The van der Waals surface area contributed by atoms with Gasteiger partial charge >= 0.3 is 5.97 Å². The molecule has 0 spiro atoms. The quantitative estimate of drug-likeness (QED) is 0.881. The smallest absolute Gasteiger partial charge is 0.312 e. The van der Waals surface area contributed by atoms with Crippen LogP contribution in [0.3, 0.4) is 0 Å². The Balaban J connectivity index is 2.02. The Morgan fingerprint density at radius 1 is 1.33 bits per heavy atom. The van der Waals surface area contributed by atoms with E-state index < -0.39 is 11.9 Å². The molecule has 0 fully saturated rings. The van der Waals surface area contributed by atoms with Crippen LogP contribution in [-0.2, 0) is 11.3 Å². The number of hydrogen-bond acceptors (Lipinski definition) is 3. The predicted molar refractivity (Wildman–Crippen MR) is 75.5 cm³/mol. The topological polar surface area (TPSA) is 72.4 Å². The molecule has 0 amide bonds. The van der Waals surface area contributed by atoms with E-state index in [1.165, 1.54) is 0 Å². The number of carbonyl (C=O) groups is 2. The minimum atomic E-state index is -0.830. The highest BCUT2D eigenvalue weighted by molar-refractivity contribution is 6.06. The molecule has 110 valence electrons. The van der Waals surface area contributed by atoms with Crippen LogP contribution in [0.15, 0.2) is 28.9 Å². The molecule has 21 heavy (non-hydrogen) atoms. The fraction of sp³-hybridized carbons (Fsp3) is 0.375. The lowest BCUT2D eigenvalue weighted by molar-refractivity contribution is -0.139. The molecule has 0 saturated carbocycles. The van der Waals surface area contributed by atoms with Crippen LogP contribution in [0.5, 0.6) is 0 Å². The largest absolute Gasteiger partial charge is 0.481 e. The third kappa shape index (κ3) is 2.39. The Labute approximate surface area is 122 Å². The summed E-state index contributed by atoms with van der Waals surface area (Å²) in [4.78, 5) is 23.9. The molecule has 3 heterocycles. The fourth-order valence-electron chi connectivity index (χ4n) is 2.93. The molecule has 2 aromatic rings. The van der Waals surface area contributed by atoms with E-state index in [-0.39, 0.29) is 5.78 Å². The van der Waals surface area contributed by atoms with Crippen molar-refractivity contribution in [2.24, 2.45) is 0 Å². The van der Waals surface area contributed by atoms with Crippen molar-refractivity contribution in [1.82, 2.24) is 4.57 Å². The molecule has 1 aliphatic rings. The van der Waals surface area contributed by atoms with E-state index in [2.05, 4.69) is 0 Å². The molecule has 2 aromatic heterocycles.